The molecule has 0 saturated carbocycles. The molecule has 2 rings (SSSR count). The number of rotatable bonds is 7. The summed E-state index contributed by atoms with van der Waals surface area (Å²) < 4.78 is 49.6. The van der Waals surface area contributed by atoms with Gasteiger partial charge in [0.05, 0.1) is 16.6 Å². The van der Waals surface area contributed by atoms with E-state index in [0.29, 0.717) is 11.3 Å². The van der Waals surface area contributed by atoms with Gasteiger partial charge < -0.3 is 5.32 Å². The van der Waals surface area contributed by atoms with Crippen LogP contribution in [0, 0.1) is 0 Å². The number of amides is 1. The Morgan fingerprint density at radius 2 is 1.41 bits per heavy atom. The molecule has 1 N–H and O–H groups in total. The van der Waals surface area contributed by atoms with Crippen molar-refractivity contribution in [3.8, 4) is 0 Å². The molecule has 0 aliphatic heterocycles. The van der Waals surface area contributed by atoms with Crippen LogP contribution in [0.5, 0.6) is 0 Å². The van der Waals surface area contributed by atoms with Gasteiger partial charge in [-0.25, -0.2) is 8.42 Å². The highest BCUT2D eigenvalue weighted by molar-refractivity contribution is 7.90. The predicted molar refractivity (Wildman–Crippen MR) is 113 cm³/mol. The maximum atomic E-state index is 12.5. The van der Waals surface area contributed by atoms with E-state index in [1.807, 2.05) is 0 Å². The van der Waals surface area contributed by atoms with Crippen LogP contribution in [0.1, 0.15) is 28.9 Å². The van der Waals surface area contributed by atoms with Gasteiger partial charge in [0.25, 0.3) is 5.91 Å². The average Bonchev–Trinajstić information content (AvgIpc) is 2.66. The number of carbonyl (C=O) groups is 1. The molecule has 1 unspecified atom stereocenters. The number of benzene rings is 2. The summed E-state index contributed by atoms with van der Waals surface area (Å²) in [5, 5.41) is 2.84. The molecule has 158 valence electrons. The summed E-state index contributed by atoms with van der Waals surface area (Å²) in [6, 6.07) is 12.2. The van der Waals surface area contributed by atoms with Crippen molar-refractivity contribution in [3.63, 3.8) is 0 Å². The van der Waals surface area contributed by atoms with E-state index in [9.17, 15) is 21.6 Å². The van der Waals surface area contributed by atoms with Crippen molar-refractivity contribution in [2.75, 3.05) is 31.7 Å². The second-order valence-corrected chi connectivity index (χ2v) is 11.0. The van der Waals surface area contributed by atoms with Gasteiger partial charge in [0.15, 0.2) is 9.84 Å². The number of carbonyl (C=O) groups excluding carboxylic acids is 1. The molecule has 8 nitrogen and oxygen atoms in total. The quantitative estimate of drug-likeness (QED) is 0.709. The van der Waals surface area contributed by atoms with Crippen LogP contribution < -0.4 is 9.62 Å². The summed E-state index contributed by atoms with van der Waals surface area (Å²) in [6.45, 7) is 1.79. The molecule has 0 fully saturated rings. The van der Waals surface area contributed by atoms with Gasteiger partial charge >= 0.3 is 10.2 Å². The smallest absolute Gasteiger partial charge is 0.303 e. The molecule has 0 bridgehead atoms. The highest BCUT2D eigenvalue weighted by Crippen LogP contribution is 2.20. The molecule has 1 atom stereocenters. The van der Waals surface area contributed by atoms with Crippen LogP contribution in [0.3, 0.4) is 0 Å². The van der Waals surface area contributed by atoms with Crippen LogP contribution in [0.2, 0.25) is 0 Å². The number of hydrogen-bond acceptors (Lipinski definition) is 5. The van der Waals surface area contributed by atoms with Crippen molar-refractivity contribution >= 4 is 31.6 Å². The molecular weight excluding hydrogens is 414 g/mol. The molecule has 0 aromatic heterocycles. The maximum Gasteiger partial charge on any atom is 0.303 e. The van der Waals surface area contributed by atoms with Gasteiger partial charge in [0.1, 0.15) is 0 Å². The molecule has 0 aliphatic rings. The largest absolute Gasteiger partial charge is 0.346 e. The van der Waals surface area contributed by atoms with Crippen molar-refractivity contribution in [3.05, 3.63) is 59.7 Å². The second-order valence-electron chi connectivity index (χ2n) is 6.84. The van der Waals surface area contributed by atoms with Crippen molar-refractivity contribution in [2.24, 2.45) is 0 Å². The third-order valence-corrected chi connectivity index (χ3v) is 7.41. The lowest BCUT2D eigenvalue weighted by atomic mass is 10.1. The first-order valence-corrected chi connectivity index (χ1v) is 12.0. The summed E-state index contributed by atoms with van der Waals surface area (Å²) in [4.78, 5) is 12.7. The lowest BCUT2D eigenvalue weighted by Gasteiger charge is -2.23. The number of sulfone groups is 1. The van der Waals surface area contributed by atoms with Crippen molar-refractivity contribution in [1.82, 2.24) is 9.62 Å². The molecule has 29 heavy (non-hydrogen) atoms. The summed E-state index contributed by atoms with van der Waals surface area (Å²) in [5.41, 5.74) is 1.57. The van der Waals surface area contributed by atoms with E-state index in [0.717, 1.165) is 20.4 Å². The van der Waals surface area contributed by atoms with Crippen LogP contribution in [-0.2, 0) is 20.0 Å². The fourth-order valence-corrected chi connectivity index (χ4v) is 4.08. The minimum Gasteiger partial charge on any atom is -0.346 e. The molecule has 2 aromatic carbocycles. The number of nitrogens with one attached hydrogen (secondary N) is 1. The Balaban J connectivity index is 2.11. The van der Waals surface area contributed by atoms with E-state index >= 15 is 0 Å². The number of hydrogen-bond donors (Lipinski definition) is 1. The Morgan fingerprint density at radius 1 is 0.897 bits per heavy atom. The third kappa shape index (κ3) is 5.34. The van der Waals surface area contributed by atoms with E-state index in [1.54, 1.807) is 43.3 Å². The summed E-state index contributed by atoms with van der Waals surface area (Å²) in [7, 11) is -2.56. The Labute approximate surface area is 172 Å². The van der Waals surface area contributed by atoms with E-state index in [-0.39, 0.29) is 16.8 Å². The zero-order chi connectivity index (χ0) is 22.0. The van der Waals surface area contributed by atoms with Crippen molar-refractivity contribution in [2.45, 2.75) is 17.9 Å². The average molecular weight is 440 g/mol. The van der Waals surface area contributed by atoms with Gasteiger partial charge in [-0.05, 0) is 48.9 Å². The SMILES string of the molecule is CC(NC(=O)c1ccc(N(C)S(=O)(=O)N(C)C)cc1)c1ccc(S(C)(=O)=O)cc1. The van der Waals surface area contributed by atoms with E-state index in [1.165, 1.54) is 33.3 Å². The normalized spacial score (nSPS) is 13.2. The van der Waals surface area contributed by atoms with Crippen LogP contribution in [0.4, 0.5) is 5.69 Å². The number of nitrogens with zero attached hydrogens (tertiary/aromatic N) is 2. The molecule has 0 heterocycles. The Kier molecular flexibility index (Phi) is 6.71. The van der Waals surface area contributed by atoms with Gasteiger partial charge in [0.2, 0.25) is 0 Å². The zero-order valence-electron chi connectivity index (χ0n) is 16.9. The van der Waals surface area contributed by atoms with Crippen LogP contribution in [0.15, 0.2) is 53.4 Å². The second kappa shape index (κ2) is 8.52. The lowest BCUT2D eigenvalue weighted by molar-refractivity contribution is 0.0940. The Bertz CT molecular complexity index is 1080. The Hall–Kier alpha value is -2.43. The first-order chi connectivity index (χ1) is 13.3. The number of anilines is 1. The van der Waals surface area contributed by atoms with Gasteiger partial charge in [-0.1, -0.05) is 12.1 Å². The molecule has 0 radical (unpaired) electrons. The zero-order valence-corrected chi connectivity index (χ0v) is 18.6. The standard InChI is InChI=1S/C19H25N3O5S2/c1-14(15-8-12-18(13-9-15)28(5,24)25)20-19(23)16-6-10-17(11-7-16)22(4)29(26,27)21(2)3/h6-14H,1-5H3,(H,20,23). The fraction of sp³-hybridized carbons (Fsp3) is 0.316. The summed E-state index contributed by atoms with van der Waals surface area (Å²) in [5.74, 6) is -0.325. The van der Waals surface area contributed by atoms with E-state index in [4.69, 9.17) is 0 Å². The van der Waals surface area contributed by atoms with Gasteiger partial charge in [0, 0.05) is 33.0 Å². The van der Waals surface area contributed by atoms with Crippen LogP contribution in [0.25, 0.3) is 0 Å². The highest BCUT2D eigenvalue weighted by Gasteiger charge is 2.21. The van der Waals surface area contributed by atoms with Crippen molar-refractivity contribution in [1.29, 1.82) is 0 Å². The highest BCUT2D eigenvalue weighted by atomic mass is 32.2. The monoisotopic (exact) mass is 439 g/mol. The molecular formula is C19H25N3O5S2. The third-order valence-electron chi connectivity index (χ3n) is 4.46. The molecule has 2 aromatic rings. The van der Waals surface area contributed by atoms with Crippen LogP contribution in [-0.4, -0.2) is 54.4 Å². The van der Waals surface area contributed by atoms with Gasteiger partial charge in [-0.2, -0.15) is 12.7 Å². The minimum atomic E-state index is -3.61. The van der Waals surface area contributed by atoms with E-state index < -0.39 is 20.0 Å². The molecule has 1 amide bonds. The van der Waals surface area contributed by atoms with E-state index in [2.05, 4.69) is 5.32 Å². The lowest BCUT2D eigenvalue weighted by Crippen LogP contribution is -2.37. The molecule has 0 saturated heterocycles. The topological polar surface area (TPSA) is 104 Å². The molecule has 0 spiro atoms. The maximum absolute atomic E-state index is 12.5. The minimum absolute atomic E-state index is 0.215. The van der Waals surface area contributed by atoms with Crippen LogP contribution >= 0.6 is 0 Å². The fourth-order valence-electron chi connectivity index (χ4n) is 2.57. The van der Waals surface area contributed by atoms with Gasteiger partial charge in [-0.3, -0.25) is 9.10 Å². The van der Waals surface area contributed by atoms with Gasteiger partial charge in [-0.15, -0.1) is 0 Å². The summed E-state index contributed by atoms with van der Waals surface area (Å²) >= 11 is 0. The van der Waals surface area contributed by atoms with Crippen molar-refractivity contribution < 1.29 is 21.6 Å². The first kappa shape index (κ1) is 22.9. The molecule has 0 aliphatic carbocycles. The molecule has 10 heteroatoms. The summed E-state index contributed by atoms with van der Waals surface area (Å²) in [6.07, 6.45) is 1.14. The predicted octanol–water partition coefficient (Wildman–Crippen LogP) is 1.82. The Morgan fingerprint density at radius 3 is 1.86 bits per heavy atom. The first-order valence-electron chi connectivity index (χ1n) is 8.71.